The lowest BCUT2D eigenvalue weighted by molar-refractivity contribution is 0.544. The number of hydrogen-bond donors (Lipinski definition) is 1. The molecule has 96 valence electrons. The molecule has 0 aliphatic heterocycles. The van der Waals surface area contributed by atoms with Gasteiger partial charge in [0.2, 0.25) is 0 Å². The first-order chi connectivity index (χ1) is 9.11. The van der Waals surface area contributed by atoms with Gasteiger partial charge >= 0.3 is 0 Å². The van der Waals surface area contributed by atoms with E-state index >= 15 is 0 Å². The zero-order valence-corrected chi connectivity index (χ0v) is 11.1. The average Bonchev–Trinajstić information content (AvgIpc) is 2.75. The fourth-order valence-corrected chi connectivity index (χ4v) is 2.15. The molecule has 2 N–H and O–H groups in total. The predicted molar refractivity (Wildman–Crippen MR) is 77.1 cm³/mol. The number of hydrogen-bond acceptors (Lipinski definition) is 3. The molecule has 19 heavy (non-hydrogen) atoms. The zero-order valence-electron chi connectivity index (χ0n) is 11.1. The summed E-state index contributed by atoms with van der Waals surface area (Å²) < 4.78 is 5.73. The van der Waals surface area contributed by atoms with Crippen molar-refractivity contribution >= 4 is 16.8 Å². The van der Waals surface area contributed by atoms with Crippen LogP contribution in [0.3, 0.4) is 0 Å². The first-order valence-corrected chi connectivity index (χ1v) is 6.33. The summed E-state index contributed by atoms with van der Waals surface area (Å²) >= 11 is 0. The molecule has 1 aromatic heterocycles. The lowest BCUT2D eigenvalue weighted by Gasteiger charge is -2.02. The lowest BCUT2D eigenvalue weighted by atomic mass is 10.0. The molecule has 0 fully saturated rings. The van der Waals surface area contributed by atoms with Crippen LogP contribution >= 0.6 is 0 Å². The van der Waals surface area contributed by atoms with E-state index in [4.69, 9.17) is 10.2 Å². The molecular formula is C16H16N2O. The maximum absolute atomic E-state index is 5.73. The summed E-state index contributed by atoms with van der Waals surface area (Å²) in [6.45, 7) is 4.23. The quantitative estimate of drug-likeness (QED) is 0.709. The molecule has 3 nitrogen and oxygen atoms in total. The number of oxazole rings is 1. The van der Waals surface area contributed by atoms with Gasteiger partial charge in [-0.05, 0) is 42.7 Å². The fraction of sp³-hybridized carbons (Fsp3) is 0.188. The Morgan fingerprint density at radius 2 is 1.89 bits per heavy atom. The maximum Gasteiger partial charge on any atom is 0.199 e. The van der Waals surface area contributed by atoms with Crippen LogP contribution in [0, 0.1) is 13.8 Å². The molecule has 0 aliphatic carbocycles. The van der Waals surface area contributed by atoms with E-state index < -0.39 is 0 Å². The fourth-order valence-electron chi connectivity index (χ4n) is 2.15. The Morgan fingerprint density at radius 3 is 2.68 bits per heavy atom. The van der Waals surface area contributed by atoms with E-state index in [2.05, 4.69) is 37.0 Å². The van der Waals surface area contributed by atoms with E-state index in [1.807, 2.05) is 18.2 Å². The van der Waals surface area contributed by atoms with Gasteiger partial charge in [-0.25, -0.2) is 4.98 Å². The molecule has 0 saturated carbocycles. The second kappa shape index (κ2) is 4.43. The van der Waals surface area contributed by atoms with Crippen LogP contribution in [-0.2, 0) is 6.42 Å². The van der Waals surface area contributed by atoms with E-state index in [9.17, 15) is 0 Å². The third-order valence-corrected chi connectivity index (χ3v) is 3.38. The molecule has 0 bridgehead atoms. The maximum atomic E-state index is 5.73. The van der Waals surface area contributed by atoms with Crippen LogP contribution in [0.1, 0.15) is 22.6 Å². The minimum Gasteiger partial charge on any atom is -0.440 e. The first-order valence-electron chi connectivity index (χ1n) is 6.33. The number of anilines is 1. The van der Waals surface area contributed by atoms with Gasteiger partial charge in [-0.3, -0.25) is 0 Å². The van der Waals surface area contributed by atoms with Gasteiger partial charge in [-0.1, -0.05) is 18.2 Å². The minimum atomic E-state index is 0.696. The number of rotatable bonds is 2. The molecule has 0 spiro atoms. The van der Waals surface area contributed by atoms with Gasteiger partial charge in [0, 0.05) is 18.2 Å². The summed E-state index contributed by atoms with van der Waals surface area (Å²) in [4.78, 5) is 4.48. The molecule has 0 atom stereocenters. The smallest absolute Gasteiger partial charge is 0.199 e. The molecule has 3 aromatic rings. The molecule has 3 rings (SSSR count). The van der Waals surface area contributed by atoms with Gasteiger partial charge < -0.3 is 10.2 Å². The Labute approximate surface area is 112 Å². The van der Waals surface area contributed by atoms with Crippen LogP contribution in [0.2, 0.25) is 0 Å². The highest BCUT2D eigenvalue weighted by atomic mass is 16.3. The number of aromatic nitrogens is 1. The number of nitrogen functional groups attached to an aromatic ring is 1. The Hall–Kier alpha value is -2.29. The second-order valence-corrected chi connectivity index (χ2v) is 4.93. The summed E-state index contributed by atoms with van der Waals surface area (Å²) in [5, 5.41) is 0. The molecule has 0 aliphatic rings. The number of fused-ring (bicyclic) bond motifs is 1. The summed E-state index contributed by atoms with van der Waals surface area (Å²) in [5.74, 6) is 0.726. The first kappa shape index (κ1) is 11.8. The highest BCUT2D eigenvalue weighted by molar-refractivity contribution is 5.76. The standard InChI is InChI=1S/C16H16N2O/c1-10-3-4-12(7-11(10)2)8-16-18-14-6-5-13(17)9-15(14)19-16/h3-7,9H,8,17H2,1-2H3. The molecule has 0 unspecified atom stereocenters. The van der Waals surface area contributed by atoms with Crippen LogP contribution in [-0.4, -0.2) is 4.98 Å². The number of aryl methyl sites for hydroxylation is 2. The van der Waals surface area contributed by atoms with Crippen molar-refractivity contribution in [1.82, 2.24) is 4.98 Å². The molecule has 0 saturated heterocycles. The topological polar surface area (TPSA) is 52.0 Å². The van der Waals surface area contributed by atoms with Crippen LogP contribution in [0.5, 0.6) is 0 Å². The third-order valence-electron chi connectivity index (χ3n) is 3.38. The Bertz CT molecular complexity index is 744. The van der Waals surface area contributed by atoms with Crippen molar-refractivity contribution in [2.45, 2.75) is 20.3 Å². The van der Waals surface area contributed by atoms with Crippen molar-refractivity contribution in [1.29, 1.82) is 0 Å². The summed E-state index contributed by atoms with van der Waals surface area (Å²) in [6, 6.07) is 12.0. The highest BCUT2D eigenvalue weighted by Gasteiger charge is 2.07. The normalized spacial score (nSPS) is 11.1. The Balaban J connectivity index is 1.94. The van der Waals surface area contributed by atoms with E-state index in [1.54, 1.807) is 0 Å². The van der Waals surface area contributed by atoms with Crippen LogP contribution in [0.15, 0.2) is 40.8 Å². The largest absolute Gasteiger partial charge is 0.440 e. The molecule has 0 amide bonds. The summed E-state index contributed by atoms with van der Waals surface area (Å²) in [5.41, 5.74) is 11.8. The number of nitrogens with zero attached hydrogens (tertiary/aromatic N) is 1. The highest BCUT2D eigenvalue weighted by Crippen LogP contribution is 2.21. The Morgan fingerprint density at radius 1 is 1.05 bits per heavy atom. The number of nitrogens with two attached hydrogens (primary N) is 1. The lowest BCUT2D eigenvalue weighted by Crippen LogP contribution is -1.90. The van der Waals surface area contributed by atoms with Crippen molar-refractivity contribution in [2.75, 3.05) is 5.73 Å². The van der Waals surface area contributed by atoms with Gasteiger partial charge in [0.1, 0.15) is 5.52 Å². The van der Waals surface area contributed by atoms with Gasteiger partial charge in [0.25, 0.3) is 0 Å². The van der Waals surface area contributed by atoms with E-state index in [0.29, 0.717) is 12.1 Å². The SMILES string of the molecule is Cc1ccc(Cc2nc3ccc(N)cc3o2)cc1C. The molecule has 3 heteroatoms. The minimum absolute atomic E-state index is 0.696. The van der Waals surface area contributed by atoms with Gasteiger partial charge in [-0.15, -0.1) is 0 Å². The van der Waals surface area contributed by atoms with Gasteiger partial charge in [0.15, 0.2) is 11.5 Å². The predicted octanol–water partition coefficient (Wildman–Crippen LogP) is 3.62. The third kappa shape index (κ3) is 2.32. The molecule has 1 heterocycles. The monoisotopic (exact) mass is 252 g/mol. The van der Waals surface area contributed by atoms with E-state index in [0.717, 1.165) is 17.0 Å². The number of benzene rings is 2. The Kier molecular flexibility index (Phi) is 2.75. The molecule has 0 radical (unpaired) electrons. The van der Waals surface area contributed by atoms with Crippen LogP contribution < -0.4 is 5.73 Å². The summed E-state index contributed by atoms with van der Waals surface area (Å²) in [7, 11) is 0. The zero-order chi connectivity index (χ0) is 13.4. The van der Waals surface area contributed by atoms with Crippen molar-refractivity contribution < 1.29 is 4.42 Å². The van der Waals surface area contributed by atoms with Crippen molar-refractivity contribution in [3.63, 3.8) is 0 Å². The molecule has 2 aromatic carbocycles. The van der Waals surface area contributed by atoms with Crippen LogP contribution in [0.4, 0.5) is 5.69 Å². The van der Waals surface area contributed by atoms with Gasteiger partial charge in [0.05, 0.1) is 0 Å². The van der Waals surface area contributed by atoms with Crippen LogP contribution in [0.25, 0.3) is 11.1 Å². The van der Waals surface area contributed by atoms with Crippen molar-refractivity contribution in [3.8, 4) is 0 Å². The second-order valence-electron chi connectivity index (χ2n) is 4.93. The van der Waals surface area contributed by atoms with E-state index in [1.165, 1.54) is 16.7 Å². The van der Waals surface area contributed by atoms with Gasteiger partial charge in [-0.2, -0.15) is 0 Å². The van der Waals surface area contributed by atoms with Crippen molar-refractivity contribution in [3.05, 3.63) is 59.0 Å². The van der Waals surface area contributed by atoms with Crippen molar-refractivity contribution in [2.24, 2.45) is 0 Å². The van der Waals surface area contributed by atoms with E-state index in [-0.39, 0.29) is 0 Å². The molecular weight excluding hydrogens is 236 g/mol. The average molecular weight is 252 g/mol. The summed E-state index contributed by atoms with van der Waals surface area (Å²) in [6.07, 6.45) is 0.704.